The number of carbonyl (C=O) groups is 2. The molecule has 1 unspecified atom stereocenters. The Morgan fingerprint density at radius 2 is 1.98 bits per heavy atom. The van der Waals surface area contributed by atoms with E-state index in [1.165, 1.54) is 29.1 Å². The highest BCUT2D eigenvalue weighted by molar-refractivity contribution is 5.96. The van der Waals surface area contributed by atoms with Gasteiger partial charge in [-0.3, -0.25) is 18.7 Å². The standard InChI is InChI=1S/C29H28F4N10O2/c1-14-7-16(8-20(30)22(14)28(45)39-15(2)9-38-27(44)23-17-10-35-11-18(17)23)40-25-26-37-12-21(43(26)6-4-36-25)19-13-42(5-3-34)41-24(19)29(31,32)33/h4,6-8,12-13,15,17-18,23,35H,5,9-11H2,1-2H3,(H,36,40)(H,38,44)(H,39,45)/t15-,17-,18+,23?/m1/s1. The van der Waals surface area contributed by atoms with E-state index < -0.39 is 29.6 Å². The van der Waals surface area contributed by atoms with Crippen LogP contribution in [0.1, 0.15) is 28.5 Å². The van der Waals surface area contributed by atoms with E-state index in [1.54, 1.807) is 19.9 Å². The Balaban J connectivity index is 1.17. The maximum Gasteiger partial charge on any atom is 0.435 e. The zero-order chi connectivity index (χ0) is 32.0. The minimum absolute atomic E-state index is 0.00794. The monoisotopic (exact) mass is 624 g/mol. The highest BCUT2D eigenvalue weighted by Crippen LogP contribution is 2.48. The number of rotatable bonds is 9. The van der Waals surface area contributed by atoms with Crippen LogP contribution in [0.4, 0.5) is 29.1 Å². The van der Waals surface area contributed by atoms with E-state index in [9.17, 15) is 22.8 Å². The molecular formula is C29H28F4N10O2. The SMILES string of the molecule is Cc1cc(Nc2nccn3c(-c4cn(CC#N)nc4C(F)(F)F)cnc23)cc(F)c1C(=O)N[C@H](C)CNC(=O)C1[C@H]2CNC[C@@H]12. The smallest absolute Gasteiger partial charge is 0.354 e. The summed E-state index contributed by atoms with van der Waals surface area (Å²) in [7, 11) is 0. The maximum atomic E-state index is 15.3. The van der Waals surface area contributed by atoms with E-state index in [0.717, 1.165) is 30.0 Å². The number of halogens is 4. The molecule has 4 aromatic rings. The molecule has 12 nitrogen and oxygen atoms in total. The molecule has 234 valence electrons. The van der Waals surface area contributed by atoms with Gasteiger partial charge in [0.2, 0.25) is 5.91 Å². The lowest BCUT2D eigenvalue weighted by atomic mass is 10.1. The van der Waals surface area contributed by atoms with Crippen LogP contribution in [0.5, 0.6) is 0 Å². The number of piperidine rings is 1. The average Bonchev–Trinajstić information content (AvgIpc) is 3.38. The number of hydrogen-bond acceptors (Lipinski definition) is 8. The number of amides is 2. The predicted molar refractivity (Wildman–Crippen MR) is 153 cm³/mol. The summed E-state index contributed by atoms with van der Waals surface area (Å²) in [6.45, 7) is 4.79. The van der Waals surface area contributed by atoms with Gasteiger partial charge in [-0.25, -0.2) is 14.4 Å². The molecule has 1 aromatic carbocycles. The lowest BCUT2D eigenvalue weighted by molar-refractivity contribution is -0.141. The van der Waals surface area contributed by atoms with Gasteiger partial charge in [-0.15, -0.1) is 0 Å². The number of hydrogen-bond donors (Lipinski definition) is 4. The number of nitrogens with one attached hydrogen (secondary N) is 4. The van der Waals surface area contributed by atoms with E-state index in [4.69, 9.17) is 5.26 Å². The maximum absolute atomic E-state index is 15.3. The molecule has 1 saturated heterocycles. The summed E-state index contributed by atoms with van der Waals surface area (Å²) < 4.78 is 58.8. The molecule has 1 aliphatic heterocycles. The van der Waals surface area contributed by atoms with Gasteiger partial charge in [-0.05, 0) is 56.5 Å². The van der Waals surface area contributed by atoms with Gasteiger partial charge in [0.15, 0.2) is 17.2 Å². The fourth-order valence-corrected chi connectivity index (χ4v) is 5.94. The van der Waals surface area contributed by atoms with Crippen molar-refractivity contribution in [1.29, 1.82) is 5.26 Å². The number of nitrogens with zero attached hydrogens (tertiary/aromatic N) is 6. The third-order valence-corrected chi connectivity index (χ3v) is 8.10. The van der Waals surface area contributed by atoms with Crippen molar-refractivity contribution in [1.82, 2.24) is 40.1 Å². The van der Waals surface area contributed by atoms with Crippen LogP contribution in [0.15, 0.2) is 36.9 Å². The average molecular weight is 625 g/mol. The molecule has 3 aromatic heterocycles. The molecule has 2 aliphatic rings. The van der Waals surface area contributed by atoms with Crippen molar-refractivity contribution in [3.8, 4) is 17.3 Å². The van der Waals surface area contributed by atoms with Crippen LogP contribution in [-0.2, 0) is 17.5 Å². The molecular weight excluding hydrogens is 596 g/mol. The Labute approximate surface area is 253 Å². The Kier molecular flexibility index (Phi) is 7.65. The number of imidazole rings is 1. The van der Waals surface area contributed by atoms with Crippen LogP contribution in [0.3, 0.4) is 0 Å². The minimum Gasteiger partial charge on any atom is -0.354 e. The molecule has 0 bridgehead atoms. The summed E-state index contributed by atoms with van der Waals surface area (Å²) >= 11 is 0. The quantitative estimate of drug-likeness (QED) is 0.207. The third kappa shape index (κ3) is 5.78. The number of nitriles is 1. The number of benzene rings is 1. The number of fused-ring (bicyclic) bond motifs is 2. The number of anilines is 2. The molecule has 1 saturated carbocycles. The fraction of sp³-hybridized carbons (Fsp3) is 0.379. The number of carbonyl (C=O) groups excluding carboxylic acids is 2. The first-order valence-electron chi connectivity index (χ1n) is 14.2. The second-order valence-electron chi connectivity index (χ2n) is 11.3. The van der Waals surface area contributed by atoms with Crippen molar-refractivity contribution in [3.63, 3.8) is 0 Å². The molecule has 6 rings (SSSR count). The van der Waals surface area contributed by atoms with Crippen LogP contribution in [0.2, 0.25) is 0 Å². The lowest BCUT2D eigenvalue weighted by Gasteiger charge is -2.17. The van der Waals surface area contributed by atoms with Gasteiger partial charge in [0, 0.05) is 42.8 Å². The topological polar surface area (TPSA) is 154 Å². The highest BCUT2D eigenvalue weighted by atomic mass is 19.4. The summed E-state index contributed by atoms with van der Waals surface area (Å²) in [5, 5.41) is 24.2. The van der Waals surface area contributed by atoms with Gasteiger partial charge >= 0.3 is 6.18 Å². The molecule has 45 heavy (non-hydrogen) atoms. The molecule has 4 N–H and O–H groups in total. The summed E-state index contributed by atoms with van der Waals surface area (Å²) in [6.07, 6.45) is 0.320. The van der Waals surface area contributed by atoms with Gasteiger partial charge < -0.3 is 21.3 Å². The number of aromatic nitrogens is 5. The zero-order valence-corrected chi connectivity index (χ0v) is 24.1. The second-order valence-corrected chi connectivity index (χ2v) is 11.3. The highest BCUT2D eigenvalue weighted by Gasteiger charge is 2.56. The Morgan fingerprint density at radius 3 is 2.67 bits per heavy atom. The minimum atomic E-state index is -4.78. The number of aryl methyl sites for hydroxylation is 1. The first kappa shape index (κ1) is 30.0. The van der Waals surface area contributed by atoms with Crippen molar-refractivity contribution >= 4 is 29.0 Å². The van der Waals surface area contributed by atoms with Crippen molar-refractivity contribution in [2.45, 2.75) is 32.6 Å². The molecule has 0 spiro atoms. The van der Waals surface area contributed by atoms with Gasteiger partial charge in [0.1, 0.15) is 12.4 Å². The summed E-state index contributed by atoms with van der Waals surface area (Å²) in [4.78, 5) is 33.8. The lowest BCUT2D eigenvalue weighted by Crippen LogP contribution is -2.43. The van der Waals surface area contributed by atoms with Gasteiger partial charge in [0.05, 0.1) is 29.1 Å². The van der Waals surface area contributed by atoms with Gasteiger partial charge in [-0.2, -0.15) is 23.5 Å². The summed E-state index contributed by atoms with van der Waals surface area (Å²) in [5.41, 5.74) is -0.851. The molecule has 4 heterocycles. The predicted octanol–water partition coefficient (Wildman–Crippen LogP) is 3.03. The van der Waals surface area contributed by atoms with Crippen molar-refractivity contribution in [2.24, 2.45) is 17.8 Å². The Morgan fingerprint density at radius 1 is 1.22 bits per heavy atom. The Hall–Kier alpha value is -5.04. The van der Waals surface area contributed by atoms with E-state index >= 15 is 4.39 Å². The van der Waals surface area contributed by atoms with Gasteiger partial charge in [-0.1, -0.05) is 0 Å². The van der Waals surface area contributed by atoms with Crippen LogP contribution in [0, 0.1) is 41.8 Å². The van der Waals surface area contributed by atoms with Crippen LogP contribution in [-0.4, -0.2) is 61.6 Å². The van der Waals surface area contributed by atoms with E-state index in [1.807, 2.05) is 0 Å². The van der Waals surface area contributed by atoms with Crippen LogP contribution < -0.4 is 21.3 Å². The Bertz CT molecular complexity index is 1810. The summed E-state index contributed by atoms with van der Waals surface area (Å²) in [6, 6.07) is 3.96. The molecule has 2 fully saturated rings. The van der Waals surface area contributed by atoms with E-state index in [-0.39, 0.29) is 58.9 Å². The first-order valence-corrected chi connectivity index (χ1v) is 14.2. The number of alkyl halides is 3. The summed E-state index contributed by atoms with van der Waals surface area (Å²) in [5.74, 6) is -0.598. The van der Waals surface area contributed by atoms with E-state index in [0.29, 0.717) is 17.4 Å². The largest absolute Gasteiger partial charge is 0.435 e. The first-order chi connectivity index (χ1) is 21.5. The zero-order valence-electron chi connectivity index (χ0n) is 24.1. The normalized spacial score (nSPS) is 19.5. The second kappa shape index (κ2) is 11.5. The van der Waals surface area contributed by atoms with E-state index in [2.05, 4.69) is 36.3 Å². The molecule has 16 heteroatoms. The molecule has 1 aliphatic carbocycles. The van der Waals surface area contributed by atoms with Crippen LogP contribution >= 0.6 is 0 Å². The van der Waals surface area contributed by atoms with Crippen molar-refractivity contribution in [3.05, 3.63) is 59.6 Å². The fourth-order valence-electron chi connectivity index (χ4n) is 5.94. The van der Waals surface area contributed by atoms with Crippen LogP contribution in [0.25, 0.3) is 16.9 Å². The van der Waals surface area contributed by atoms with Crippen molar-refractivity contribution < 1.29 is 27.2 Å². The van der Waals surface area contributed by atoms with Gasteiger partial charge in [0.25, 0.3) is 5.91 Å². The molecule has 0 radical (unpaired) electrons. The molecule has 2 amide bonds. The van der Waals surface area contributed by atoms with Crippen molar-refractivity contribution in [2.75, 3.05) is 25.0 Å². The third-order valence-electron chi connectivity index (χ3n) is 8.10. The molecule has 4 atom stereocenters.